The van der Waals surface area contributed by atoms with Gasteiger partial charge in [0.2, 0.25) is 0 Å². The SMILES string of the molecule is CN(C)CCN(/C=C(/C#N)C(=O)NCc1ccccc1Cl)C1CCS(=O)(=O)C1. The van der Waals surface area contributed by atoms with Gasteiger partial charge in [0.25, 0.3) is 5.91 Å². The normalized spacial score (nSPS) is 18.7. The fourth-order valence-electron chi connectivity index (χ4n) is 2.92. The maximum Gasteiger partial charge on any atom is 0.263 e. The zero-order chi connectivity index (χ0) is 20.7. The Morgan fingerprint density at radius 3 is 2.64 bits per heavy atom. The van der Waals surface area contributed by atoms with E-state index in [1.807, 2.05) is 31.1 Å². The number of sulfone groups is 1. The Morgan fingerprint density at radius 2 is 2.07 bits per heavy atom. The Hall–Kier alpha value is -2.08. The van der Waals surface area contributed by atoms with Crippen LogP contribution in [0.1, 0.15) is 12.0 Å². The third-order valence-electron chi connectivity index (χ3n) is 4.54. The molecule has 1 N–H and O–H groups in total. The minimum absolute atomic E-state index is 0.0386. The van der Waals surface area contributed by atoms with Crippen molar-refractivity contribution in [2.45, 2.75) is 19.0 Å². The van der Waals surface area contributed by atoms with Crippen LogP contribution in [-0.2, 0) is 21.2 Å². The standard InChI is InChI=1S/C19H25ClN4O3S/c1-23(2)8-9-24(17-7-10-28(26,27)14-17)13-16(11-21)19(25)22-12-15-5-3-4-6-18(15)20/h3-6,13,17H,7-10,12,14H2,1-2H3,(H,22,25)/b16-13-. The van der Waals surface area contributed by atoms with Gasteiger partial charge in [0.1, 0.15) is 11.6 Å². The number of nitrogens with one attached hydrogen (secondary N) is 1. The molecule has 7 nitrogen and oxygen atoms in total. The van der Waals surface area contributed by atoms with Gasteiger partial charge < -0.3 is 15.1 Å². The summed E-state index contributed by atoms with van der Waals surface area (Å²) in [6.07, 6.45) is 1.98. The highest BCUT2D eigenvalue weighted by molar-refractivity contribution is 7.91. The van der Waals surface area contributed by atoms with E-state index in [0.717, 1.165) is 5.56 Å². The van der Waals surface area contributed by atoms with E-state index < -0.39 is 15.7 Å². The first-order valence-corrected chi connectivity index (χ1v) is 11.2. The van der Waals surface area contributed by atoms with Crippen LogP contribution in [0, 0.1) is 11.3 Å². The van der Waals surface area contributed by atoms with Crippen LogP contribution in [0.15, 0.2) is 36.0 Å². The Kier molecular flexibility index (Phi) is 7.87. The summed E-state index contributed by atoms with van der Waals surface area (Å²) in [6.45, 7) is 1.40. The first-order chi connectivity index (χ1) is 13.2. The molecule has 1 unspecified atom stereocenters. The number of amides is 1. The van der Waals surface area contributed by atoms with Crippen molar-refractivity contribution >= 4 is 27.3 Å². The van der Waals surface area contributed by atoms with Crippen LogP contribution in [0.4, 0.5) is 0 Å². The second-order valence-corrected chi connectivity index (χ2v) is 9.66. The molecule has 1 heterocycles. The van der Waals surface area contributed by atoms with Crippen LogP contribution in [-0.4, -0.2) is 68.9 Å². The van der Waals surface area contributed by atoms with Crippen LogP contribution < -0.4 is 5.32 Å². The number of nitrogens with zero attached hydrogens (tertiary/aromatic N) is 3. The topological polar surface area (TPSA) is 93.5 Å². The van der Waals surface area contributed by atoms with Gasteiger partial charge >= 0.3 is 0 Å². The maximum atomic E-state index is 12.5. The van der Waals surface area contributed by atoms with Crippen LogP contribution >= 0.6 is 11.6 Å². The average molecular weight is 425 g/mol. The van der Waals surface area contributed by atoms with Gasteiger partial charge in [-0.1, -0.05) is 29.8 Å². The molecule has 0 saturated carbocycles. The second kappa shape index (κ2) is 9.92. The Morgan fingerprint density at radius 1 is 1.36 bits per heavy atom. The van der Waals surface area contributed by atoms with E-state index in [1.54, 1.807) is 23.1 Å². The number of carbonyl (C=O) groups excluding carboxylic acids is 1. The average Bonchev–Trinajstić information content (AvgIpc) is 3.00. The minimum Gasteiger partial charge on any atom is -0.371 e. The molecule has 1 amide bonds. The molecule has 2 rings (SSSR count). The molecule has 1 aliphatic rings. The van der Waals surface area contributed by atoms with Crippen molar-refractivity contribution in [1.82, 2.24) is 15.1 Å². The largest absolute Gasteiger partial charge is 0.371 e. The molecule has 152 valence electrons. The van der Waals surface area contributed by atoms with Crippen LogP contribution in [0.3, 0.4) is 0 Å². The highest BCUT2D eigenvalue weighted by Gasteiger charge is 2.31. The molecule has 1 aromatic rings. The quantitative estimate of drug-likeness (QED) is 0.501. The van der Waals surface area contributed by atoms with Gasteiger partial charge in [-0.05, 0) is 32.1 Å². The minimum atomic E-state index is -3.08. The summed E-state index contributed by atoms with van der Waals surface area (Å²) >= 11 is 6.09. The summed E-state index contributed by atoms with van der Waals surface area (Å²) in [5, 5.41) is 12.7. The number of likely N-dealkylation sites (N-methyl/N-ethyl adjacent to an activating group) is 1. The van der Waals surface area contributed by atoms with Gasteiger partial charge in [0.05, 0.1) is 11.5 Å². The lowest BCUT2D eigenvalue weighted by Crippen LogP contribution is -2.38. The Bertz CT molecular complexity index is 877. The molecule has 0 radical (unpaired) electrons. The van der Waals surface area contributed by atoms with Crippen LogP contribution in [0.25, 0.3) is 0 Å². The summed E-state index contributed by atoms with van der Waals surface area (Å²) in [7, 11) is 0.748. The predicted octanol–water partition coefficient (Wildman–Crippen LogP) is 1.41. The molecular formula is C19H25ClN4O3S. The molecule has 0 aliphatic carbocycles. The van der Waals surface area contributed by atoms with Crippen molar-refractivity contribution in [3.05, 3.63) is 46.6 Å². The summed E-state index contributed by atoms with van der Waals surface area (Å²) in [4.78, 5) is 16.2. The number of nitriles is 1. The summed E-state index contributed by atoms with van der Waals surface area (Å²) in [6, 6.07) is 8.84. The second-order valence-electron chi connectivity index (χ2n) is 7.03. The maximum absolute atomic E-state index is 12.5. The lowest BCUT2D eigenvalue weighted by atomic mass is 10.2. The summed E-state index contributed by atoms with van der Waals surface area (Å²) in [5.74, 6) is -0.348. The monoisotopic (exact) mass is 424 g/mol. The lowest BCUT2D eigenvalue weighted by molar-refractivity contribution is -0.117. The van der Waals surface area contributed by atoms with Crippen molar-refractivity contribution in [1.29, 1.82) is 5.26 Å². The van der Waals surface area contributed by atoms with E-state index in [0.29, 0.717) is 24.5 Å². The fourth-order valence-corrected chi connectivity index (χ4v) is 4.87. The smallest absolute Gasteiger partial charge is 0.263 e. The predicted molar refractivity (Wildman–Crippen MR) is 109 cm³/mol. The van der Waals surface area contributed by atoms with E-state index in [1.165, 1.54) is 6.20 Å². The third kappa shape index (κ3) is 6.51. The Labute approximate surface area is 171 Å². The van der Waals surface area contributed by atoms with Gasteiger partial charge in [-0.3, -0.25) is 4.79 Å². The highest BCUT2D eigenvalue weighted by atomic mass is 35.5. The van der Waals surface area contributed by atoms with Gasteiger partial charge in [-0.25, -0.2) is 8.42 Å². The van der Waals surface area contributed by atoms with Crippen molar-refractivity contribution in [3.8, 4) is 6.07 Å². The molecule has 28 heavy (non-hydrogen) atoms. The molecule has 1 fully saturated rings. The molecule has 0 spiro atoms. The molecule has 0 aromatic heterocycles. The molecule has 1 aromatic carbocycles. The third-order valence-corrected chi connectivity index (χ3v) is 6.66. The van der Waals surface area contributed by atoms with E-state index in [9.17, 15) is 18.5 Å². The van der Waals surface area contributed by atoms with Gasteiger partial charge in [-0.2, -0.15) is 5.26 Å². The molecule has 1 saturated heterocycles. The van der Waals surface area contributed by atoms with Crippen LogP contribution in [0.5, 0.6) is 0 Å². The van der Waals surface area contributed by atoms with Crippen molar-refractivity contribution in [2.24, 2.45) is 0 Å². The highest BCUT2D eigenvalue weighted by Crippen LogP contribution is 2.19. The zero-order valence-corrected chi connectivity index (χ0v) is 17.6. The number of halogens is 1. The number of hydrogen-bond donors (Lipinski definition) is 1. The van der Waals surface area contributed by atoms with Gasteiger partial charge in [0.15, 0.2) is 9.84 Å². The number of hydrogen-bond acceptors (Lipinski definition) is 6. The van der Waals surface area contributed by atoms with Crippen LogP contribution in [0.2, 0.25) is 5.02 Å². The number of benzene rings is 1. The first kappa shape index (κ1) is 22.2. The molecule has 9 heteroatoms. The molecular weight excluding hydrogens is 400 g/mol. The molecule has 1 aliphatic heterocycles. The number of rotatable bonds is 8. The van der Waals surface area contributed by atoms with Crippen molar-refractivity contribution < 1.29 is 13.2 Å². The van der Waals surface area contributed by atoms with E-state index >= 15 is 0 Å². The van der Waals surface area contributed by atoms with Crippen molar-refractivity contribution in [2.75, 3.05) is 38.7 Å². The first-order valence-electron chi connectivity index (χ1n) is 8.96. The molecule has 1 atom stereocenters. The van der Waals surface area contributed by atoms with Crippen molar-refractivity contribution in [3.63, 3.8) is 0 Å². The number of carbonyl (C=O) groups is 1. The van der Waals surface area contributed by atoms with Gasteiger partial charge in [-0.15, -0.1) is 0 Å². The zero-order valence-electron chi connectivity index (χ0n) is 16.1. The summed E-state index contributed by atoms with van der Waals surface area (Å²) < 4.78 is 23.7. The fraction of sp³-hybridized carbons (Fsp3) is 0.474. The molecule has 0 bridgehead atoms. The van der Waals surface area contributed by atoms with E-state index in [2.05, 4.69) is 5.32 Å². The summed E-state index contributed by atoms with van der Waals surface area (Å²) in [5.41, 5.74) is 0.691. The Balaban J connectivity index is 2.12. The lowest BCUT2D eigenvalue weighted by Gasteiger charge is -2.28. The van der Waals surface area contributed by atoms with Gasteiger partial charge in [0, 0.05) is 36.9 Å². The van der Waals surface area contributed by atoms with E-state index in [-0.39, 0.29) is 29.7 Å². The van der Waals surface area contributed by atoms with E-state index in [4.69, 9.17) is 11.6 Å².